The molecule has 0 aliphatic heterocycles. The van der Waals surface area contributed by atoms with Crippen molar-refractivity contribution in [1.29, 1.82) is 0 Å². The molecule has 0 saturated carbocycles. The molecular weight excluding hydrogens is 328 g/mol. The van der Waals surface area contributed by atoms with Crippen LogP contribution < -0.4 is 0 Å². The third-order valence-corrected chi connectivity index (χ3v) is 5.32. The van der Waals surface area contributed by atoms with Crippen molar-refractivity contribution in [3.05, 3.63) is 0 Å². The number of unbranched alkanes of at least 4 members (excludes halogenated alkanes) is 10. The van der Waals surface area contributed by atoms with Crippen LogP contribution in [0.2, 0.25) is 0 Å². The number of hydrogen-bond acceptors (Lipinski definition) is 2. The molecule has 0 aromatic carbocycles. The van der Waals surface area contributed by atoms with E-state index < -0.39 is 17.9 Å². The molecule has 4 heteroatoms. The molecule has 2 N–H and O–H groups in total. The first kappa shape index (κ1) is 24.9. The van der Waals surface area contributed by atoms with Gasteiger partial charge in [-0.15, -0.1) is 0 Å². The highest BCUT2D eigenvalue weighted by Crippen LogP contribution is 2.18. The summed E-state index contributed by atoms with van der Waals surface area (Å²) in [6.07, 6.45) is 17.9. The van der Waals surface area contributed by atoms with E-state index in [0.29, 0.717) is 6.42 Å². The van der Waals surface area contributed by atoms with Crippen molar-refractivity contribution >= 4 is 11.9 Å². The zero-order valence-electron chi connectivity index (χ0n) is 17.2. The summed E-state index contributed by atoms with van der Waals surface area (Å²) in [5.41, 5.74) is 0. The molecule has 0 fully saturated rings. The molecule has 4 nitrogen and oxygen atoms in total. The summed E-state index contributed by atoms with van der Waals surface area (Å²) in [7, 11) is 0. The zero-order chi connectivity index (χ0) is 19.6. The molecule has 0 rings (SSSR count). The van der Waals surface area contributed by atoms with E-state index in [-0.39, 0.29) is 6.42 Å². The Morgan fingerprint density at radius 1 is 0.692 bits per heavy atom. The molecule has 0 spiro atoms. The summed E-state index contributed by atoms with van der Waals surface area (Å²) < 4.78 is 0. The van der Waals surface area contributed by atoms with E-state index in [4.69, 9.17) is 10.2 Å². The molecule has 0 aromatic heterocycles. The molecule has 0 aliphatic rings. The monoisotopic (exact) mass is 370 g/mol. The maximum atomic E-state index is 11.0. The van der Waals surface area contributed by atoms with Crippen LogP contribution in [0.3, 0.4) is 0 Å². The largest absolute Gasteiger partial charge is 0.481 e. The zero-order valence-corrected chi connectivity index (χ0v) is 17.2. The van der Waals surface area contributed by atoms with Gasteiger partial charge >= 0.3 is 11.9 Å². The smallest absolute Gasteiger partial charge is 0.307 e. The van der Waals surface area contributed by atoms with Crippen molar-refractivity contribution in [2.24, 2.45) is 11.8 Å². The fourth-order valence-electron chi connectivity index (χ4n) is 3.52. The molecule has 0 heterocycles. The van der Waals surface area contributed by atoms with E-state index in [1.165, 1.54) is 70.6 Å². The molecule has 0 saturated heterocycles. The van der Waals surface area contributed by atoms with Crippen LogP contribution in [-0.2, 0) is 9.59 Å². The Labute approximate surface area is 160 Å². The lowest BCUT2D eigenvalue weighted by Crippen LogP contribution is -2.17. The number of rotatable bonds is 19. The van der Waals surface area contributed by atoms with Crippen molar-refractivity contribution < 1.29 is 19.8 Å². The fourth-order valence-corrected chi connectivity index (χ4v) is 3.52. The van der Waals surface area contributed by atoms with Gasteiger partial charge < -0.3 is 10.2 Å². The van der Waals surface area contributed by atoms with E-state index in [2.05, 4.69) is 13.8 Å². The van der Waals surface area contributed by atoms with E-state index in [9.17, 15) is 9.59 Å². The van der Waals surface area contributed by atoms with Gasteiger partial charge in [0.1, 0.15) is 0 Å². The maximum Gasteiger partial charge on any atom is 0.307 e. The maximum absolute atomic E-state index is 11.0. The van der Waals surface area contributed by atoms with Crippen LogP contribution in [0, 0.1) is 11.8 Å². The van der Waals surface area contributed by atoms with Gasteiger partial charge in [-0.3, -0.25) is 9.59 Å². The van der Waals surface area contributed by atoms with E-state index >= 15 is 0 Å². The van der Waals surface area contributed by atoms with Crippen molar-refractivity contribution in [3.8, 4) is 0 Å². The lowest BCUT2D eigenvalue weighted by molar-refractivity contribution is -0.148. The summed E-state index contributed by atoms with van der Waals surface area (Å²) in [5.74, 6) is -1.83. The van der Waals surface area contributed by atoms with Gasteiger partial charge in [-0.05, 0) is 12.3 Å². The molecule has 0 radical (unpaired) electrons. The second-order valence-electron chi connectivity index (χ2n) is 7.99. The topological polar surface area (TPSA) is 74.6 Å². The van der Waals surface area contributed by atoms with Gasteiger partial charge in [0, 0.05) is 0 Å². The van der Waals surface area contributed by atoms with Crippen molar-refractivity contribution in [2.75, 3.05) is 0 Å². The quantitative estimate of drug-likeness (QED) is 0.249. The van der Waals surface area contributed by atoms with Crippen molar-refractivity contribution in [3.63, 3.8) is 0 Å². The van der Waals surface area contributed by atoms with Crippen LogP contribution in [0.1, 0.15) is 117 Å². The SMILES string of the molecule is CCCCC(C)CCCCCCCCCCCCC(CC(=O)O)C(=O)O. The number of carboxylic acids is 2. The fraction of sp³-hybridized carbons (Fsp3) is 0.909. The first-order valence-electron chi connectivity index (χ1n) is 10.9. The second-order valence-corrected chi connectivity index (χ2v) is 7.99. The molecule has 0 aromatic rings. The van der Waals surface area contributed by atoms with Gasteiger partial charge in [-0.2, -0.15) is 0 Å². The van der Waals surface area contributed by atoms with Gasteiger partial charge in [0.2, 0.25) is 0 Å². The lowest BCUT2D eigenvalue weighted by Gasteiger charge is -2.10. The van der Waals surface area contributed by atoms with Gasteiger partial charge in [0.05, 0.1) is 12.3 Å². The third-order valence-electron chi connectivity index (χ3n) is 5.32. The molecule has 2 unspecified atom stereocenters. The van der Waals surface area contributed by atoms with Crippen LogP contribution in [0.15, 0.2) is 0 Å². The normalized spacial score (nSPS) is 13.5. The first-order valence-corrected chi connectivity index (χ1v) is 10.9. The van der Waals surface area contributed by atoms with E-state index in [0.717, 1.165) is 25.2 Å². The standard InChI is InChI=1S/C22H42O4/c1-3-4-15-19(2)16-13-11-9-7-5-6-8-10-12-14-17-20(22(25)26)18-21(23)24/h19-20H,3-18H2,1-2H3,(H,23,24)(H,25,26). The molecular formula is C22H42O4. The second kappa shape index (κ2) is 17.4. The Morgan fingerprint density at radius 3 is 1.54 bits per heavy atom. The van der Waals surface area contributed by atoms with Gasteiger partial charge in [0.15, 0.2) is 0 Å². The summed E-state index contributed by atoms with van der Waals surface area (Å²) in [4.78, 5) is 21.6. The Morgan fingerprint density at radius 2 is 1.12 bits per heavy atom. The average Bonchev–Trinajstić information content (AvgIpc) is 2.59. The third kappa shape index (κ3) is 16.4. The molecule has 26 heavy (non-hydrogen) atoms. The van der Waals surface area contributed by atoms with Gasteiger partial charge in [-0.25, -0.2) is 0 Å². The Kier molecular flexibility index (Phi) is 16.7. The summed E-state index contributed by atoms with van der Waals surface area (Å²) in [6, 6.07) is 0. The van der Waals surface area contributed by atoms with Crippen molar-refractivity contribution in [1.82, 2.24) is 0 Å². The molecule has 154 valence electrons. The summed E-state index contributed by atoms with van der Waals surface area (Å²) >= 11 is 0. The average molecular weight is 371 g/mol. The van der Waals surface area contributed by atoms with Crippen LogP contribution in [-0.4, -0.2) is 22.2 Å². The lowest BCUT2D eigenvalue weighted by atomic mass is 9.96. The Balaban J connectivity index is 3.36. The molecule has 2 atom stereocenters. The highest BCUT2D eigenvalue weighted by Gasteiger charge is 2.20. The summed E-state index contributed by atoms with van der Waals surface area (Å²) in [5, 5.41) is 17.7. The molecule has 0 amide bonds. The number of aliphatic carboxylic acids is 2. The van der Waals surface area contributed by atoms with Gasteiger partial charge in [0.25, 0.3) is 0 Å². The Bertz CT molecular complexity index is 354. The molecule has 0 aliphatic carbocycles. The first-order chi connectivity index (χ1) is 12.5. The highest BCUT2D eigenvalue weighted by atomic mass is 16.4. The van der Waals surface area contributed by atoms with E-state index in [1.807, 2.05) is 0 Å². The van der Waals surface area contributed by atoms with Crippen LogP contribution in [0.25, 0.3) is 0 Å². The number of carbonyl (C=O) groups is 2. The predicted molar refractivity (Wildman–Crippen MR) is 107 cm³/mol. The number of carboxylic acid groups (broad SMARTS) is 2. The van der Waals surface area contributed by atoms with E-state index in [1.54, 1.807) is 0 Å². The number of hydrogen-bond donors (Lipinski definition) is 2. The predicted octanol–water partition coefficient (Wildman–Crippen LogP) is 6.67. The van der Waals surface area contributed by atoms with Crippen LogP contribution in [0.4, 0.5) is 0 Å². The van der Waals surface area contributed by atoms with Crippen LogP contribution in [0.5, 0.6) is 0 Å². The summed E-state index contributed by atoms with van der Waals surface area (Å²) in [6.45, 7) is 4.65. The minimum absolute atomic E-state index is 0.257. The molecule has 0 bridgehead atoms. The van der Waals surface area contributed by atoms with Crippen LogP contribution >= 0.6 is 0 Å². The Hall–Kier alpha value is -1.06. The minimum atomic E-state index is -1.02. The van der Waals surface area contributed by atoms with Gasteiger partial charge in [-0.1, -0.05) is 104 Å². The van der Waals surface area contributed by atoms with Crippen molar-refractivity contribution in [2.45, 2.75) is 117 Å². The highest BCUT2D eigenvalue weighted by molar-refractivity contribution is 5.77. The minimum Gasteiger partial charge on any atom is -0.481 e.